The van der Waals surface area contributed by atoms with Gasteiger partial charge in [0.25, 0.3) is 0 Å². The molecule has 0 radical (unpaired) electrons. The van der Waals surface area contributed by atoms with Crippen molar-refractivity contribution < 1.29 is 4.42 Å². The number of thiophene rings is 1. The van der Waals surface area contributed by atoms with Crippen LogP contribution in [0.25, 0.3) is 22.0 Å². The average Bonchev–Trinajstić information content (AvgIpc) is 3.34. The fourth-order valence-corrected chi connectivity index (χ4v) is 2.90. The number of hydrogen-bond donors (Lipinski definition) is 1. The van der Waals surface area contributed by atoms with Crippen LogP contribution in [0.3, 0.4) is 0 Å². The second-order valence-electron chi connectivity index (χ2n) is 4.98. The van der Waals surface area contributed by atoms with Gasteiger partial charge in [0.05, 0.1) is 17.7 Å². The molecule has 4 heterocycles. The molecule has 0 aliphatic rings. The molecule has 0 fully saturated rings. The van der Waals surface area contributed by atoms with Gasteiger partial charge in [0.1, 0.15) is 11.5 Å². The molecule has 7 heteroatoms. The molecule has 0 bridgehead atoms. The van der Waals surface area contributed by atoms with Gasteiger partial charge < -0.3 is 9.73 Å². The van der Waals surface area contributed by atoms with E-state index >= 15 is 0 Å². The quantitative estimate of drug-likeness (QED) is 0.596. The highest BCUT2D eigenvalue weighted by molar-refractivity contribution is 7.13. The SMILES string of the molecule is c1coc(CNc2nc(-c3cccs3)nnc2-c2ccncc2)c1. The Bertz CT molecular complexity index is 908. The zero-order valence-electron chi connectivity index (χ0n) is 12.6. The number of furan rings is 1. The summed E-state index contributed by atoms with van der Waals surface area (Å²) in [6.07, 6.45) is 5.09. The summed E-state index contributed by atoms with van der Waals surface area (Å²) >= 11 is 1.58. The van der Waals surface area contributed by atoms with Crippen LogP contribution in [0.15, 0.2) is 64.9 Å². The third-order valence-electron chi connectivity index (χ3n) is 3.39. The summed E-state index contributed by atoms with van der Waals surface area (Å²) in [5, 5.41) is 13.9. The van der Waals surface area contributed by atoms with Crippen molar-refractivity contribution in [1.82, 2.24) is 20.2 Å². The van der Waals surface area contributed by atoms with E-state index in [9.17, 15) is 0 Å². The van der Waals surface area contributed by atoms with Gasteiger partial charge in [0.2, 0.25) is 0 Å². The highest BCUT2D eigenvalue weighted by Crippen LogP contribution is 2.27. The minimum absolute atomic E-state index is 0.521. The summed E-state index contributed by atoms with van der Waals surface area (Å²) in [5.74, 6) is 2.09. The minimum atomic E-state index is 0.521. The summed E-state index contributed by atoms with van der Waals surface area (Å²) in [5.41, 5.74) is 1.59. The van der Waals surface area contributed by atoms with Gasteiger partial charge in [-0.3, -0.25) is 4.98 Å². The van der Waals surface area contributed by atoms with Crippen molar-refractivity contribution >= 4 is 17.2 Å². The molecule has 0 aromatic carbocycles. The number of hydrogen-bond acceptors (Lipinski definition) is 7. The number of nitrogens with one attached hydrogen (secondary N) is 1. The Balaban J connectivity index is 1.72. The smallest absolute Gasteiger partial charge is 0.193 e. The van der Waals surface area contributed by atoms with Crippen LogP contribution in [0.5, 0.6) is 0 Å². The van der Waals surface area contributed by atoms with Gasteiger partial charge >= 0.3 is 0 Å². The first kappa shape index (κ1) is 14.5. The van der Waals surface area contributed by atoms with Crippen molar-refractivity contribution in [3.8, 4) is 22.0 Å². The number of nitrogens with zero attached hydrogens (tertiary/aromatic N) is 4. The number of anilines is 1. The lowest BCUT2D eigenvalue weighted by atomic mass is 10.2. The normalized spacial score (nSPS) is 10.7. The lowest BCUT2D eigenvalue weighted by Gasteiger charge is -2.10. The van der Waals surface area contributed by atoms with Gasteiger partial charge in [-0.1, -0.05) is 6.07 Å². The van der Waals surface area contributed by atoms with Crippen molar-refractivity contribution in [3.05, 3.63) is 66.2 Å². The lowest BCUT2D eigenvalue weighted by molar-refractivity contribution is 0.518. The fraction of sp³-hybridized carbons (Fsp3) is 0.0588. The van der Waals surface area contributed by atoms with Crippen molar-refractivity contribution in [2.45, 2.75) is 6.54 Å². The molecule has 0 aliphatic carbocycles. The fourth-order valence-electron chi connectivity index (χ4n) is 2.25. The average molecular weight is 335 g/mol. The maximum Gasteiger partial charge on any atom is 0.193 e. The summed E-state index contributed by atoms with van der Waals surface area (Å²) in [6, 6.07) is 11.5. The van der Waals surface area contributed by atoms with Crippen LogP contribution in [-0.2, 0) is 6.54 Å². The highest BCUT2D eigenvalue weighted by Gasteiger charge is 2.13. The lowest BCUT2D eigenvalue weighted by Crippen LogP contribution is -2.06. The standard InChI is InChI=1S/C17H13N5OS/c1-3-13(23-9-1)11-19-17-15(12-5-7-18-8-6-12)21-22-16(20-17)14-4-2-10-24-14/h1-10H,11H2,(H,19,20,22). The molecule has 0 saturated heterocycles. The first-order chi connectivity index (χ1) is 11.9. The van der Waals surface area contributed by atoms with Crippen LogP contribution in [0.4, 0.5) is 5.82 Å². The van der Waals surface area contributed by atoms with Gasteiger partial charge in [0, 0.05) is 18.0 Å². The summed E-state index contributed by atoms with van der Waals surface area (Å²) in [7, 11) is 0. The first-order valence-electron chi connectivity index (χ1n) is 7.35. The molecule has 4 rings (SSSR count). The minimum Gasteiger partial charge on any atom is -0.467 e. The Morgan fingerprint density at radius 2 is 1.96 bits per heavy atom. The van der Waals surface area contributed by atoms with E-state index in [2.05, 4.69) is 25.5 Å². The van der Waals surface area contributed by atoms with Crippen LogP contribution in [0.2, 0.25) is 0 Å². The first-order valence-corrected chi connectivity index (χ1v) is 8.23. The Morgan fingerprint density at radius 3 is 2.71 bits per heavy atom. The number of pyridine rings is 1. The Morgan fingerprint density at radius 1 is 1.04 bits per heavy atom. The van der Waals surface area contributed by atoms with E-state index in [1.165, 1.54) is 0 Å². The largest absolute Gasteiger partial charge is 0.467 e. The van der Waals surface area contributed by atoms with E-state index in [-0.39, 0.29) is 0 Å². The topological polar surface area (TPSA) is 76.7 Å². The molecule has 1 N–H and O–H groups in total. The van der Waals surface area contributed by atoms with Crippen LogP contribution in [-0.4, -0.2) is 20.2 Å². The summed E-state index contributed by atoms with van der Waals surface area (Å²) < 4.78 is 5.37. The molecule has 0 unspecified atom stereocenters. The molecule has 6 nitrogen and oxygen atoms in total. The Labute approximate surface area is 142 Å². The van der Waals surface area contributed by atoms with Gasteiger partial charge in [0.15, 0.2) is 11.6 Å². The second kappa shape index (κ2) is 6.59. The molecular weight excluding hydrogens is 322 g/mol. The monoisotopic (exact) mass is 335 g/mol. The number of aromatic nitrogens is 4. The van der Waals surface area contributed by atoms with E-state index in [0.29, 0.717) is 23.9 Å². The predicted molar refractivity (Wildman–Crippen MR) is 92.4 cm³/mol. The van der Waals surface area contributed by atoms with Crippen molar-refractivity contribution in [2.75, 3.05) is 5.32 Å². The van der Waals surface area contributed by atoms with Gasteiger partial charge in [-0.2, -0.15) is 0 Å². The Kier molecular flexibility index (Phi) is 3.99. The zero-order valence-corrected chi connectivity index (χ0v) is 13.4. The van der Waals surface area contributed by atoms with Crippen LogP contribution in [0, 0.1) is 0 Å². The third-order valence-corrected chi connectivity index (χ3v) is 4.26. The van der Waals surface area contributed by atoms with Gasteiger partial charge in [-0.15, -0.1) is 21.5 Å². The zero-order chi connectivity index (χ0) is 16.2. The van der Waals surface area contributed by atoms with E-state index in [4.69, 9.17) is 4.42 Å². The molecule has 118 valence electrons. The second-order valence-corrected chi connectivity index (χ2v) is 5.93. The molecule has 4 aromatic rings. The van der Waals surface area contributed by atoms with E-state index in [1.807, 2.05) is 41.8 Å². The molecule has 0 saturated carbocycles. The van der Waals surface area contributed by atoms with E-state index in [0.717, 1.165) is 16.2 Å². The summed E-state index contributed by atoms with van der Waals surface area (Å²) in [4.78, 5) is 9.67. The van der Waals surface area contributed by atoms with Crippen molar-refractivity contribution in [1.29, 1.82) is 0 Å². The van der Waals surface area contributed by atoms with E-state index < -0.39 is 0 Å². The van der Waals surface area contributed by atoms with E-state index in [1.54, 1.807) is 30.0 Å². The van der Waals surface area contributed by atoms with Crippen molar-refractivity contribution in [3.63, 3.8) is 0 Å². The maximum absolute atomic E-state index is 5.37. The molecular formula is C17H13N5OS. The molecule has 24 heavy (non-hydrogen) atoms. The molecule has 0 atom stereocenters. The molecule has 0 spiro atoms. The van der Waals surface area contributed by atoms with Gasteiger partial charge in [-0.25, -0.2) is 4.98 Å². The molecule has 0 aliphatic heterocycles. The predicted octanol–water partition coefficient (Wildman–Crippen LogP) is 3.87. The molecule has 4 aromatic heterocycles. The van der Waals surface area contributed by atoms with Crippen LogP contribution in [0.1, 0.15) is 5.76 Å². The number of rotatable bonds is 5. The van der Waals surface area contributed by atoms with Crippen LogP contribution >= 0.6 is 11.3 Å². The maximum atomic E-state index is 5.37. The van der Waals surface area contributed by atoms with Crippen LogP contribution < -0.4 is 5.32 Å². The van der Waals surface area contributed by atoms with Gasteiger partial charge in [-0.05, 0) is 35.7 Å². The van der Waals surface area contributed by atoms with Crippen molar-refractivity contribution in [2.24, 2.45) is 0 Å². The highest BCUT2D eigenvalue weighted by atomic mass is 32.1. The molecule has 0 amide bonds. The third kappa shape index (κ3) is 3.02. The summed E-state index contributed by atoms with van der Waals surface area (Å²) in [6.45, 7) is 0.521. The Hall–Kier alpha value is -3.06.